The van der Waals surface area contributed by atoms with Crippen molar-refractivity contribution in [2.75, 3.05) is 24.2 Å². The number of rotatable bonds is 13. The number of aryl methyl sites for hydroxylation is 2. The number of para-hydroxylation sites is 1. The van der Waals surface area contributed by atoms with E-state index in [9.17, 15) is 0 Å². The molecule has 4 nitrogen and oxygen atoms in total. The molecule has 0 saturated carbocycles. The Hall–Kier alpha value is -3.66. The van der Waals surface area contributed by atoms with Gasteiger partial charge in [-0.15, -0.1) is 0 Å². The normalized spacial score (nSPS) is 13.9. The zero-order chi connectivity index (χ0) is 29.6. The SMILES string of the molecule is C=C(NC1c2ccccc2C=C(Nc2ccc(CC)c(C)c2)N1C)c1ccccc1NCCC.CCCCCCC. The summed E-state index contributed by atoms with van der Waals surface area (Å²) in [6.45, 7) is 16.4. The molecule has 4 heteroatoms. The highest BCUT2D eigenvalue weighted by molar-refractivity contribution is 5.75. The van der Waals surface area contributed by atoms with Gasteiger partial charge in [0, 0.05) is 41.8 Å². The monoisotopic (exact) mass is 552 g/mol. The molecule has 0 aromatic heterocycles. The molecule has 0 fully saturated rings. The molecule has 1 atom stereocenters. The van der Waals surface area contributed by atoms with E-state index >= 15 is 0 Å². The number of nitrogens with zero attached hydrogens (tertiary/aromatic N) is 1. The van der Waals surface area contributed by atoms with E-state index in [0.29, 0.717) is 0 Å². The Morgan fingerprint density at radius 3 is 2.24 bits per heavy atom. The Morgan fingerprint density at radius 1 is 0.854 bits per heavy atom. The zero-order valence-corrected chi connectivity index (χ0v) is 26.3. The smallest absolute Gasteiger partial charge is 0.127 e. The molecule has 0 bridgehead atoms. The van der Waals surface area contributed by atoms with Gasteiger partial charge in [0.05, 0.1) is 0 Å². The van der Waals surface area contributed by atoms with Crippen molar-refractivity contribution in [3.63, 3.8) is 0 Å². The summed E-state index contributed by atoms with van der Waals surface area (Å²) in [7, 11) is 2.12. The van der Waals surface area contributed by atoms with E-state index in [1.165, 1.54) is 54.4 Å². The summed E-state index contributed by atoms with van der Waals surface area (Å²) < 4.78 is 0. The minimum Gasteiger partial charge on any atom is -0.385 e. The Labute approximate surface area is 250 Å². The molecule has 0 aliphatic carbocycles. The number of benzene rings is 3. The first-order valence-corrected chi connectivity index (χ1v) is 15.6. The quantitative estimate of drug-likeness (QED) is 0.185. The zero-order valence-electron chi connectivity index (χ0n) is 26.3. The summed E-state index contributed by atoms with van der Waals surface area (Å²) in [5.41, 5.74) is 9.32. The minimum atomic E-state index is -0.0496. The van der Waals surface area contributed by atoms with Crippen LogP contribution in [0.5, 0.6) is 0 Å². The highest BCUT2D eigenvalue weighted by Gasteiger charge is 2.26. The van der Waals surface area contributed by atoms with Crippen LogP contribution >= 0.6 is 0 Å². The number of hydrogen-bond donors (Lipinski definition) is 3. The van der Waals surface area contributed by atoms with E-state index in [4.69, 9.17) is 0 Å². The molecule has 0 amide bonds. The molecule has 3 aromatic rings. The first kappa shape index (κ1) is 31.9. The lowest BCUT2D eigenvalue weighted by Crippen LogP contribution is -2.39. The largest absolute Gasteiger partial charge is 0.385 e. The van der Waals surface area contributed by atoms with Gasteiger partial charge in [-0.05, 0) is 60.7 Å². The first-order valence-electron chi connectivity index (χ1n) is 15.6. The summed E-state index contributed by atoms with van der Waals surface area (Å²) in [6, 6.07) is 23.5. The third kappa shape index (κ3) is 8.91. The predicted molar refractivity (Wildman–Crippen MR) is 181 cm³/mol. The van der Waals surface area contributed by atoms with Crippen LogP contribution in [0.2, 0.25) is 0 Å². The second-order valence-electron chi connectivity index (χ2n) is 10.9. The number of hydrogen-bond acceptors (Lipinski definition) is 4. The summed E-state index contributed by atoms with van der Waals surface area (Å²) in [5.74, 6) is 1.05. The summed E-state index contributed by atoms with van der Waals surface area (Å²) in [6.07, 6.45) is 11.3. The van der Waals surface area contributed by atoms with Crippen molar-refractivity contribution in [3.8, 4) is 0 Å². The van der Waals surface area contributed by atoms with Crippen LogP contribution < -0.4 is 16.0 Å². The lowest BCUT2D eigenvalue weighted by molar-refractivity contribution is 0.286. The third-order valence-corrected chi connectivity index (χ3v) is 7.68. The van der Waals surface area contributed by atoms with E-state index in [2.05, 4.69) is 142 Å². The molecule has 4 rings (SSSR count). The molecule has 0 saturated heterocycles. The highest BCUT2D eigenvalue weighted by atomic mass is 15.3. The van der Waals surface area contributed by atoms with Gasteiger partial charge in [-0.25, -0.2) is 0 Å². The molecule has 0 spiro atoms. The van der Waals surface area contributed by atoms with Crippen molar-refractivity contribution in [3.05, 3.63) is 107 Å². The molecule has 0 radical (unpaired) electrons. The number of nitrogens with one attached hydrogen (secondary N) is 3. The maximum Gasteiger partial charge on any atom is 0.127 e. The number of anilines is 2. The van der Waals surface area contributed by atoms with Crippen LogP contribution in [-0.2, 0) is 6.42 Å². The van der Waals surface area contributed by atoms with Crippen LogP contribution in [0.1, 0.15) is 100 Å². The first-order chi connectivity index (χ1) is 19.9. The van der Waals surface area contributed by atoms with Crippen molar-refractivity contribution in [2.45, 2.75) is 85.7 Å². The average molecular weight is 553 g/mol. The Bertz CT molecular complexity index is 1270. The van der Waals surface area contributed by atoms with Crippen molar-refractivity contribution in [2.24, 2.45) is 0 Å². The molecular formula is C37H52N4. The molecule has 3 N–H and O–H groups in total. The molecular weight excluding hydrogens is 500 g/mol. The fraction of sp³-hybridized carbons (Fsp3) is 0.405. The van der Waals surface area contributed by atoms with E-state index in [1.807, 2.05) is 0 Å². The van der Waals surface area contributed by atoms with Crippen LogP contribution in [0, 0.1) is 6.92 Å². The summed E-state index contributed by atoms with van der Waals surface area (Å²) >= 11 is 0. The van der Waals surface area contributed by atoms with Crippen LogP contribution in [0.3, 0.4) is 0 Å². The summed E-state index contributed by atoms with van der Waals surface area (Å²) in [4.78, 5) is 2.25. The topological polar surface area (TPSA) is 39.3 Å². The molecule has 41 heavy (non-hydrogen) atoms. The van der Waals surface area contributed by atoms with Crippen LogP contribution in [0.15, 0.2) is 79.1 Å². The van der Waals surface area contributed by atoms with Gasteiger partial charge in [0.15, 0.2) is 0 Å². The summed E-state index contributed by atoms with van der Waals surface area (Å²) in [5, 5.41) is 10.9. The molecule has 220 valence electrons. The van der Waals surface area contributed by atoms with Gasteiger partial charge < -0.3 is 20.9 Å². The van der Waals surface area contributed by atoms with Gasteiger partial charge in [-0.1, -0.05) is 115 Å². The Kier molecular flexibility index (Phi) is 12.9. The van der Waals surface area contributed by atoms with Gasteiger partial charge in [0.1, 0.15) is 12.0 Å². The Balaban J connectivity index is 0.000000587. The number of unbranched alkanes of at least 4 members (excludes halogenated alkanes) is 4. The maximum atomic E-state index is 4.42. The van der Waals surface area contributed by atoms with E-state index in [1.54, 1.807) is 0 Å². The molecule has 1 heterocycles. The maximum absolute atomic E-state index is 4.42. The van der Waals surface area contributed by atoms with Crippen LogP contribution in [0.25, 0.3) is 11.8 Å². The lowest BCUT2D eigenvalue weighted by Gasteiger charge is -2.38. The predicted octanol–water partition coefficient (Wildman–Crippen LogP) is 9.97. The minimum absolute atomic E-state index is 0.0496. The average Bonchev–Trinajstić information content (AvgIpc) is 2.99. The van der Waals surface area contributed by atoms with Gasteiger partial charge in [0.25, 0.3) is 0 Å². The highest BCUT2D eigenvalue weighted by Crippen LogP contribution is 2.34. The van der Waals surface area contributed by atoms with E-state index < -0.39 is 0 Å². The van der Waals surface area contributed by atoms with Crippen LogP contribution in [-0.4, -0.2) is 18.5 Å². The molecule has 3 aromatic carbocycles. The van der Waals surface area contributed by atoms with Crippen LogP contribution in [0.4, 0.5) is 11.4 Å². The molecule has 1 unspecified atom stereocenters. The second kappa shape index (κ2) is 16.6. The van der Waals surface area contributed by atoms with Gasteiger partial charge in [-0.2, -0.15) is 0 Å². The van der Waals surface area contributed by atoms with Gasteiger partial charge >= 0.3 is 0 Å². The van der Waals surface area contributed by atoms with Crippen molar-refractivity contribution >= 4 is 23.1 Å². The van der Waals surface area contributed by atoms with Crippen molar-refractivity contribution < 1.29 is 0 Å². The standard InChI is InChI=1S/C30H36N4.C7H16/c1-6-18-31-28-15-11-10-13-26(28)22(4)32-30-27-14-9-8-12-24(27)20-29(34(30)5)33-25-17-16-23(7-2)21(3)19-25;1-3-5-7-6-4-2/h8-17,19-20,30-33H,4,6-7,18H2,1-3,5H3;3-7H2,1-2H3. The fourth-order valence-corrected chi connectivity index (χ4v) is 5.18. The van der Waals surface area contributed by atoms with Crippen molar-refractivity contribution in [1.82, 2.24) is 10.2 Å². The molecule has 1 aliphatic rings. The van der Waals surface area contributed by atoms with Gasteiger partial charge in [-0.3, -0.25) is 0 Å². The van der Waals surface area contributed by atoms with Crippen molar-refractivity contribution in [1.29, 1.82) is 0 Å². The Morgan fingerprint density at radius 2 is 1.56 bits per heavy atom. The van der Waals surface area contributed by atoms with E-state index in [-0.39, 0.29) is 6.17 Å². The second-order valence-corrected chi connectivity index (χ2v) is 10.9. The lowest BCUT2D eigenvalue weighted by atomic mass is 9.99. The fourth-order valence-electron chi connectivity index (χ4n) is 5.18. The third-order valence-electron chi connectivity index (χ3n) is 7.68. The number of fused-ring (bicyclic) bond motifs is 1. The van der Waals surface area contributed by atoms with E-state index in [0.717, 1.165) is 47.8 Å². The van der Waals surface area contributed by atoms with Gasteiger partial charge in [0.2, 0.25) is 0 Å². The molecule has 1 aliphatic heterocycles.